The number of para-hydroxylation sites is 4. The second-order valence-electron chi connectivity index (χ2n) is 36.6. The van der Waals surface area contributed by atoms with Gasteiger partial charge in [-0.05, 0) is 279 Å². The van der Waals surface area contributed by atoms with Crippen molar-refractivity contribution in [2.45, 2.75) is 185 Å². The number of ether oxygens (including phenoxy) is 12. The number of hydrogen-bond donors (Lipinski definition) is 0. The molecule has 20 bridgehead atoms. The van der Waals surface area contributed by atoms with Crippen LogP contribution in [0.25, 0.3) is 65.3 Å². The molecule has 0 aromatic heterocycles. The van der Waals surface area contributed by atoms with Gasteiger partial charge in [0.25, 0.3) is 0 Å². The fourth-order valence-corrected chi connectivity index (χ4v) is 20.3. The molecule has 0 unspecified atom stereocenters. The highest BCUT2D eigenvalue weighted by molar-refractivity contribution is 6.11. The second kappa shape index (κ2) is 42.8. The zero-order valence-electron chi connectivity index (χ0n) is 80.1. The van der Waals surface area contributed by atoms with Crippen LogP contribution in [0.1, 0.15) is 218 Å². The molecule has 0 saturated carbocycles. The Hall–Kier alpha value is -13.8. The summed E-state index contributed by atoms with van der Waals surface area (Å²) in [4.78, 5) is 0. The lowest BCUT2D eigenvalue weighted by Crippen LogP contribution is -2.11. The average Bonchev–Trinajstić information content (AvgIpc) is 0.748. The van der Waals surface area contributed by atoms with Crippen molar-refractivity contribution in [3.63, 3.8) is 0 Å². The lowest BCUT2D eigenvalue weighted by atomic mass is 9.89. The molecule has 12 nitrogen and oxygen atoms in total. The highest BCUT2D eigenvalue weighted by Gasteiger charge is 2.31. The highest BCUT2D eigenvalue weighted by Crippen LogP contribution is 2.51. The summed E-state index contributed by atoms with van der Waals surface area (Å²) in [7, 11) is 0. The van der Waals surface area contributed by atoms with E-state index in [1.807, 2.05) is 0 Å². The highest BCUT2D eigenvalue weighted by atomic mass is 16.5. The van der Waals surface area contributed by atoms with Crippen LogP contribution in [0.3, 0.4) is 0 Å². The van der Waals surface area contributed by atoms with Gasteiger partial charge in [-0.25, -0.2) is 0 Å². The average molecular weight is 1810 g/mol. The molecule has 136 heavy (non-hydrogen) atoms. The van der Waals surface area contributed by atoms with Crippen molar-refractivity contribution in [3.8, 4) is 91.2 Å². The maximum atomic E-state index is 7.64. The Morgan fingerprint density at radius 1 is 0.176 bits per heavy atom. The van der Waals surface area contributed by atoms with E-state index >= 15 is 0 Å². The van der Waals surface area contributed by atoms with Crippen LogP contribution >= 0.6 is 0 Å². The number of fused-ring (bicyclic) bond motifs is 8. The molecule has 0 saturated heterocycles. The van der Waals surface area contributed by atoms with Crippen LogP contribution in [0, 0.1) is 0 Å². The van der Waals surface area contributed by atoms with Crippen LogP contribution in [0.15, 0.2) is 267 Å². The minimum atomic E-state index is 0.225. The summed E-state index contributed by atoms with van der Waals surface area (Å²) in [6.45, 7) is 22.5. The fraction of sp³-hybridized carbons (Fsp3) is 0.290. The number of hydrogen-bond acceptors (Lipinski definition) is 12. The van der Waals surface area contributed by atoms with Gasteiger partial charge in [0.15, 0.2) is 0 Å². The third-order valence-electron chi connectivity index (χ3n) is 26.2. The summed E-state index contributed by atoms with van der Waals surface area (Å²) in [5.74, 6) is 9.77. The Balaban J connectivity index is 0.856. The molecule has 12 heteroatoms. The maximum Gasteiger partial charge on any atom is 0.128 e. The third-order valence-corrected chi connectivity index (χ3v) is 26.2. The van der Waals surface area contributed by atoms with Crippen molar-refractivity contribution in [1.82, 2.24) is 0 Å². The Morgan fingerprint density at radius 3 is 0.507 bits per heavy atom. The van der Waals surface area contributed by atoms with Gasteiger partial charge in [0.2, 0.25) is 0 Å². The first-order valence-corrected chi connectivity index (χ1v) is 49.7. The van der Waals surface area contributed by atoms with Crippen molar-refractivity contribution in [1.29, 1.82) is 0 Å². The van der Waals surface area contributed by atoms with Gasteiger partial charge < -0.3 is 56.8 Å². The summed E-state index contributed by atoms with van der Waals surface area (Å²) in [6, 6.07) is 97.3. The first-order chi connectivity index (χ1) is 67.1. The van der Waals surface area contributed by atoms with Gasteiger partial charge in [-0.3, -0.25) is 0 Å². The van der Waals surface area contributed by atoms with Gasteiger partial charge in [0, 0.05) is 73.6 Å². The molecule has 692 valence electrons. The van der Waals surface area contributed by atoms with Gasteiger partial charge in [0.05, 0.1) is 52.9 Å². The Labute approximate surface area is 801 Å². The minimum absolute atomic E-state index is 0.225. The van der Waals surface area contributed by atoms with Crippen molar-refractivity contribution < 1.29 is 56.8 Å². The summed E-state index contributed by atoms with van der Waals surface area (Å²) in [6.07, 6.45) is 10.6. The molecule has 0 radical (unpaired) electrons. The first-order valence-electron chi connectivity index (χ1n) is 49.7. The zero-order valence-corrected chi connectivity index (χ0v) is 80.1. The van der Waals surface area contributed by atoms with Crippen LogP contribution in [-0.4, -0.2) is 52.9 Å². The van der Waals surface area contributed by atoms with E-state index in [2.05, 4.69) is 322 Å². The number of rotatable bonds is 24. The lowest BCUT2D eigenvalue weighted by molar-refractivity contribution is 0.298. The SMILES string of the molecule is CCCOc1c2cccc1Cc1cc3cc(c1OCCC)Cc1cccc(c1OCCC)Cc1cc(cc(c1OCCC)C2)COc1ccc2ccccc2c1-c1c(ccc2ccccc12)OCc1cc2c(OCCC)c(c1)Cc1cccc(c1OCCC)Cc1cc(cc(c1OCCC)Cc1cccc(c1OCCC)C2)COc1ccc2ccccc2c1-c1c(ccc2ccccc12)OC3. The van der Waals surface area contributed by atoms with Gasteiger partial charge in [-0.15, -0.1) is 0 Å². The van der Waals surface area contributed by atoms with E-state index < -0.39 is 0 Å². The van der Waals surface area contributed by atoms with Crippen molar-refractivity contribution in [3.05, 3.63) is 378 Å². The van der Waals surface area contributed by atoms with Crippen LogP contribution in [0.4, 0.5) is 0 Å². The molecule has 0 N–H and O–H groups in total. The predicted octanol–water partition coefficient (Wildman–Crippen LogP) is 29.9. The topological polar surface area (TPSA) is 111 Å². The smallest absolute Gasteiger partial charge is 0.128 e. The molecule has 4 aliphatic rings. The minimum Gasteiger partial charge on any atom is -0.493 e. The Bertz CT molecular complexity index is 6000. The molecular weight excluding hydrogens is 1680 g/mol. The quantitative estimate of drug-likeness (QED) is 0.0574. The predicted molar refractivity (Wildman–Crippen MR) is 551 cm³/mol. The summed E-state index contributed by atoms with van der Waals surface area (Å²) in [5.41, 5.74) is 24.4. The Kier molecular flexibility index (Phi) is 28.7. The van der Waals surface area contributed by atoms with E-state index in [9.17, 15) is 0 Å². The van der Waals surface area contributed by atoms with Gasteiger partial charge in [-0.2, -0.15) is 0 Å². The third kappa shape index (κ3) is 19.7. The van der Waals surface area contributed by atoms with Crippen LogP contribution in [-0.2, 0) is 77.8 Å². The lowest BCUT2D eigenvalue weighted by Gasteiger charge is -2.24. The molecule has 16 aromatic rings. The molecule has 0 amide bonds. The molecule has 2 heterocycles. The monoisotopic (exact) mass is 1800 g/mol. The molecule has 20 rings (SSSR count). The standard InChI is InChI=1S/C124H124O12/c1-9-53-125-117-89-33-25-34-90(117)70-98-62-82-64-100(122(98)130-58-14-6)72-92-36-26-35-91(118(92)126-54-10-2)71-99-63-81(61-97(69-89)121(99)129-57-13-5)77-133-109-49-45-85-29-17-21-41-105(85)113(109)115-107-43-23-19-31-87(107)47-51-111(115)135-79-83-65-101-73-93-37-27-38-94(119(93)127-55-11-3)74-102-66-84(80-136-112-52-48-88-32-20-24-44-108(88)116(112)114-106-42-22-18-30-86(106)46-50-110(114)134-78-82)68-104(124(102)132-60-16-8)76-96-40-28-39-95(120(96)128-56-12-4)75-103(67-83)123(101)131-59-15-7/h17-52,61-68H,9-16,53-60,69-80H2,1-8H3. The van der Waals surface area contributed by atoms with Crippen molar-refractivity contribution >= 4 is 43.1 Å². The van der Waals surface area contributed by atoms with Crippen LogP contribution < -0.4 is 56.8 Å². The Morgan fingerprint density at radius 2 is 0.338 bits per heavy atom. The van der Waals surface area contributed by atoms with E-state index in [4.69, 9.17) is 56.8 Å². The molecule has 0 fully saturated rings. The molecule has 2 aliphatic heterocycles. The molecular formula is C124H124O12. The van der Waals surface area contributed by atoms with Crippen molar-refractivity contribution in [2.75, 3.05) is 52.9 Å². The van der Waals surface area contributed by atoms with Crippen molar-refractivity contribution in [2.24, 2.45) is 0 Å². The normalized spacial score (nSPS) is 13.1. The van der Waals surface area contributed by atoms with Crippen LogP contribution in [0.2, 0.25) is 0 Å². The molecule has 0 spiro atoms. The van der Waals surface area contributed by atoms with E-state index in [0.717, 1.165) is 297 Å². The summed E-state index contributed by atoms with van der Waals surface area (Å²) < 4.78 is 88.2. The van der Waals surface area contributed by atoms with Gasteiger partial charge >= 0.3 is 0 Å². The van der Waals surface area contributed by atoms with E-state index in [1.54, 1.807) is 0 Å². The largest absolute Gasteiger partial charge is 0.493 e. The molecule has 0 atom stereocenters. The first kappa shape index (κ1) is 91.3. The summed E-state index contributed by atoms with van der Waals surface area (Å²) in [5, 5.41) is 8.46. The number of benzene rings is 16. The maximum absolute atomic E-state index is 7.64. The molecule has 2 aliphatic carbocycles. The molecule has 16 aromatic carbocycles. The van der Waals surface area contributed by atoms with E-state index in [1.165, 1.54) is 0 Å². The van der Waals surface area contributed by atoms with E-state index in [0.29, 0.717) is 104 Å². The zero-order chi connectivity index (χ0) is 92.8. The van der Waals surface area contributed by atoms with Gasteiger partial charge in [0.1, 0.15) is 95.4 Å². The summed E-state index contributed by atoms with van der Waals surface area (Å²) >= 11 is 0. The van der Waals surface area contributed by atoms with Crippen LogP contribution in [0.5, 0.6) is 69.0 Å². The fourth-order valence-electron chi connectivity index (χ4n) is 20.3. The van der Waals surface area contributed by atoms with Gasteiger partial charge in [-0.1, -0.05) is 250 Å². The van der Waals surface area contributed by atoms with E-state index in [-0.39, 0.29) is 26.4 Å². The second-order valence-corrected chi connectivity index (χ2v) is 36.6.